The molecule has 1 aromatic carbocycles. The van der Waals surface area contributed by atoms with Crippen molar-refractivity contribution in [1.82, 2.24) is 25.4 Å². The van der Waals surface area contributed by atoms with Crippen LogP contribution in [0.3, 0.4) is 0 Å². The first-order chi connectivity index (χ1) is 12.4. The van der Waals surface area contributed by atoms with E-state index < -0.39 is 6.10 Å². The van der Waals surface area contributed by atoms with E-state index in [9.17, 15) is 5.11 Å². The third-order valence-electron chi connectivity index (χ3n) is 3.71. The highest BCUT2D eigenvalue weighted by atomic mass is 127. The summed E-state index contributed by atoms with van der Waals surface area (Å²) >= 11 is 12.0. The number of aliphatic hydroxyl groups excluding tert-OH is 1. The molecule has 0 aliphatic carbocycles. The lowest BCUT2D eigenvalue weighted by Crippen LogP contribution is -2.39. The van der Waals surface area contributed by atoms with Crippen molar-refractivity contribution in [2.24, 2.45) is 12.0 Å². The van der Waals surface area contributed by atoms with E-state index in [1.807, 2.05) is 18.5 Å². The predicted octanol–water partition coefficient (Wildman–Crippen LogP) is 3.00. The molecule has 0 aliphatic rings. The van der Waals surface area contributed by atoms with Gasteiger partial charge in [0, 0.05) is 30.2 Å². The van der Waals surface area contributed by atoms with E-state index in [0.29, 0.717) is 34.7 Å². The van der Waals surface area contributed by atoms with Crippen molar-refractivity contribution >= 4 is 53.1 Å². The lowest BCUT2D eigenvalue weighted by Gasteiger charge is -2.16. The van der Waals surface area contributed by atoms with Gasteiger partial charge in [0.25, 0.3) is 0 Å². The Kier molecular flexibility index (Phi) is 10.1. The summed E-state index contributed by atoms with van der Waals surface area (Å²) in [4.78, 5) is 4.47. The van der Waals surface area contributed by atoms with E-state index in [1.54, 1.807) is 24.3 Å². The molecule has 0 aliphatic heterocycles. The van der Waals surface area contributed by atoms with Crippen molar-refractivity contribution < 1.29 is 5.11 Å². The third kappa shape index (κ3) is 7.28. The number of benzene rings is 1. The van der Waals surface area contributed by atoms with Gasteiger partial charge in [-0.3, -0.25) is 0 Å². The summed E-state index contributed by atoms with van der Waals surface area (Å²) in [7, 11) is 1.89. The van der Waals surface area contributed by atoms with Crippen molar-refractivity contribution in [3.05, 3.63) is 58.1 Å². The monoisotopic (exact) mass is 524 g/mol. The van der Waals surface area contributed by atoms with E-state index in [1.165, 1.54) is 0 Å². The average molecular weight is 525 g/mol. The summed E-state index contributed by atoms with van der Waals surface area (Å²) in [6.45, 7) is 6.67. The van der Waals surface area contributed by atoms with Crippen molar-refractivity contribution in [3.63, 3.8) is 0 Å². The van der Waals surface area contributed by atoms with Crippen LogP contribution in [0.25, 0.3) is 0 Å². The average Bonchev–Trinajstić information content (AvgIpc) is 2.92. The summed E-state index contributed by atoms with van der Waals surface area (Å²) < 4.78 is 1.87. The fourth-order valence-corrected chi connectivity index (χ4v) is 2.70. The zero-order valence-corrected chi connectivity index (χ0v) is 19.0. The molecule has 1 unspecified atom stereocenters. The van der Waals surface area contributed by atoms with Crippen LogP contribution in [0, 0.1) is 6.92 Å². The predicted molar refractivity (Wildman–Crippen MR) is 120 cm³/mol. The Morgan fingerprint density at radius 2 is 1.96 bits per heavy atom. The molecule has 0 saturated heterocycles. The Bertz CT molecular complexity index is 775. The summed E-state index contributed by atoms with van der Waals surface area (Å²) in [6.07, 6.45) is 0.926. The molecule has 2 rings (SSSR count). The molecule has 1 atom stereocenters. The van der Waals surface area contributed by atoms with E-state index in [0.717, 1.165) is 11.6 Å². The van der Waals surface area contributed by atoms with Crippen LogP contribution >= 0.6 is 47.2 Å². The van der Waals surface area contributed by atoms with Crippen molar-refractivity contribution in [2.45, 2.75) is 19.6 Å². The smallest absolute Gasteiger partial charge is 0.192 e. The van der Waals surface area contributed by atoms with Gasteiger partial charge in [0.05, 0.1) is 6.10 Å². The number of aliphatic hydroxyl groups is 1. The molecule has 27 heavy (non-hydrogen) atoms. The maximum atomic E-state index is 10.4. The molecule has 7 nitrogen and oxygen atoms in total. The molecule has 0 radical (unpaired) electrons. The number of halogens is 3. The molecule has 2 aromatic rings. The molecule has 10 heteroatoms. The summed E-state index contributed by atoms with van der Waals surface area (Å²) in [5.74, 6) is 2.08. The van der Waals surface area contributed by atoms with Crippen LogP contribution in [-0.4, -0.2) is 38.9 Å². The van der Waals surface area contributed by atoms with Gasteiger partial charge in [-0.1, -0.05) is 29.3 Å². The van der Waals surface area contributed by atoms with E-state index in [-0.39, 0.29) is 30.5 Å². The lowest BCUT2D eigenvalue weighted by molar-refractivity contribution is 0.181. The van der Waals surface area contributed by atoms with Crippen LogP contribution in [0.5, 0.6) is 0 Å². The number of hydrogen-bond acceptors (Lipinski definition) is 4. The SMILES string of the molecule is C=CCNC(=NCc1nnc(C)n1C)NCC(O)c1cc(Cl)cc(Cl)c1.I. The Morgan fingerprint density at radius 1 is 1.30 bits per heavy atom. The number of aliphatic imine (C=N–C) groups is 1. The van der Waals surface area contributed by atoms with Gasteiger partial charge in [0.15, 0.2) is 11.8 Å². The third-order valence-corrected chi connectivity index (χ3v) is 4.14. The Balaban J connectivity index is 0.00000364. The number of hydrogen-bond donors (Lipinski definition) is 3. The number of guanidine groups is 1. The second kappa shape index (κ2) is 11.5. The lowest BCUT2D eigenvalue weighted by atomic mass is 10.1. The van der Waals surface area contributed by atoms with E-state index in [4.69, 9.17) is 23.2 Å². The zero-order valence-electron chi connectivity index (χ0n) is 15.1. The minimum absolute atomic E-state index is 0. The minimum Gasteiger partial charge on any atom is -0.387 e. The van der Waals surface area contributed by atoms with Gasteiger partial charge in [-0.25, -0.2) is 4.99 Å². The maximum Gasteiger partial charge on any atom is 0.192 e. The standard InChI is InChI=1S/C17H22Cl2N6O.HI/c1-4-5-20-17(22-10-16-24-23-11(2)25(16)3)21-9-15(26)12-6-13(18)8-14(19)7-12;/h4,6-8,15,26H,1,5,9-10H2,2-3H3,(H2,20,21,22);1H. The quantitative estimate of drug-likeness (QED) is 0.224. The Morgan fingerprint density at radius 3 is 2.52 bits per heavy atom. The molecule has 1 aromatic heterocycles. The fraction of sp³-hybridized carbons (Fsp3) is 0.353. The summed E-state index contributed by atoms with van der Waals surface area (Å²) in [6, 6.07) is 4.97. The van der Waals surface area contributed by atoms with Crippen molar-refractivity contribution in [1.29, 1.82) is 0 Å². The molecule has 0 bridgehead atoms. The first-order valence-electron chi connectivity index (χ1n) is 8.02. The topological polar surface area (TPSA) is 87.4 Å². The normalized spacial score (nSPS) is 12.3. The summed E-state index contributed by atoms with van der Waals surface area (Å²) in [5, 5.41) is 25.6. The zero-order chi connectivity index (χ0) is 19.1. The molecule has 0 amide bonds. The fourth-order valence-electron chi connectivity index (χ4n) is 2.16. The first kappa shape index (κ1) is 23.7. The summed E-state index contributed by atoms with van der Waals surface area (Å²) in [5.41, 5.74) is 0.627. The number of rotatable bonds is 7. The maximum absolute atomic E-state index is 10.4. The van der Waals surface area contributed by atoms with Crippen molar-refractivity contribution in [3.8, 4) is 0 Å². The van der Waals surface area contributed by atoms with Crippen LogP contribution in [0.2, 0.25) is 10.0 Å². The highest BCUT2D eigenvalue weighted by molar-refractivity contribution is 14.0. The van der Waals surface area contributed by atoms with Gasteiger partial charge < -0.3 is 20.3 Å². The van der Waals surface area contributed by atoms with Crippen LogP contribution in [-0.2, 0) is 13.6 Å². The largest absolute Gasteiger partial charge is 0.387 e. The molecule has 3 N–H and O–H groups in total. The Hall–Kier alpha value is -1.36. The molecule has 0 spiro atoms. The minimum atomic E-state index is -0.793. The highest BCUT2D eigenvalue weighted by Crippen LogP contribution is 2.23. The first-order valence-corrected chi connectivity index (χ1v) is 8.78. The van der Waals surface area contributed by atoms with Crippen LogP contribution in [0.15, 0.2) is 35.8 Å². The van der Waals surface area contributed by atoms with E-state index in [2.05, 4.69) is 32.4 Å². The van der Waals surface area contributed by atoms with Crippen LogP contribution in [0.1, 0.15) is 23.3 Å². The second-order valence-corrected chi connectivity index (χ2v) is 6.53. The molecule has 0 saturated carbocycles. The number of aromatic nitrogens is 3. The number of nitrogens with zero attached hydrogens (tertiary/aromatic N) is 4. The van der Waals surface area contributed by atoms with Gasteiger partial charge in [-0.2, -0.15) is 0 Å². The van der Waals surface area contributed by atoms with Gasteiger partial charge >= 0.3 is 0 Å². The van der Waals surface area contributed by atoms with Crippen LogP contribution in [0.4, 0.5) is 0 Å². The number of aryl methyl sites for hydroxylation is 1. The molecule has 0 fully saturated rings. The highest BCUT2D eigenvalue weighted by Gasteiger charge is 2.11. The molecule has 148 valence electrons. The number of nitrogens with one attached hydrogen (secondary N) is 2. The van der Waals surface area contributed by atoms with Crippen molar-refractivity contribution in [2.75, 3.05) is 13.1 Å². The molecule has 1 heterocycles. The van der Waals surface area contributed by atoms with Gasteiger partial charge in [0.2, 0.25) is 0 Å². The van der Waals surface area contributed by atoms with Gasteiger partial charge in [-0.05, 0) is 30.7 Å². The van der Waals surface area contributed by atoms with E-state index >= 15 is 0 Å². The second-order valence-electron chi connectivity index (χ2n) is 5.66. The molecular formula is C17H23Cl2IN6O. The van der Waals surface area contributed by atoms with Gasteiger partial charge in [0.1, 0.15) is 12.4 Å². The Labute approximate surface area is 185 Å². The van der Waals surface area contributed by atoms with Crippen LogP contribution < -0.4 is 10.6 Å². The molecular weight excluding hydrogens is 502 g/mol. The van der Waals surface area contributed by atoms with Gasteiger partial charge in [-0.15, -0.1) is 40.8 Å².